The van der Waals surface area contributed by atoms with E-state index in [9.17, 15) is 18.0 Å². The molecule has 0 aliphatic rings. The molecule has 0 heterocycles. The summed E-state index contributed by atoms with van der Waals surface area (Å²) >= 11 is 0. The molecule has 2 aromatic rings. The van der Waals surface area contributed by atoms with Crippen molar-refractivity contribution in [2.24, 2.45) is 0 Å². The lowest BCUT2D eigenvalue weighted by molar-refractivity contribution is -0.137. The molecule has 7 heteroatoms. The van der Waals surface area contributed by atoms with E-state index in [1.807, 2.05) is 24.3 Å². The summed E-state index contributed by atoms with van der Waals surface area (Å²) in [6.45, 7) is 6.02. The van der Waals surface area contributed by atoms with E-state index in [1.54, 1.807) is 0 Å². The van der Waals surface area contributed by atoms with Crippen LogP contribution in [0.3, 0.4) is 0 Å². The minimum atomic E-state index is -4.39. The molecule has 2 N–H and O–H groups in total. The van der Waals surface area contributed by atoms with Crippen LogP contribution in [0.15, 0.2) is 48.5 Å². The van der Waals surface area contributed by atoms with Crippen LogP contribution in [0, 0.1) is 0 Å². The molecule has 0 aliphatic carbocycles. The van der Waals surface area contributed by atoms with E-state index in [0.29, 0.717) is 5.69 Å². The first kappa shape index (κ1) is 19.6. The lowest BCUT2D eigenvalue weighted by atomic mass is 10.2. The van der Waals surface area contributed by atoms with Crippen LogP contribution in [0.1, 0.15) is 19.4 Å². The first-order valence-electron chi connectivity index (χ1n) is 8.39. The van der Waals surface area contributed by atoms with Gasteiger partial charge >= 0.3 is 6.18 Å². The van der Waals surface area contributed by atoms with Gasteiger partial charge in [0.05, 0.1) is 12.1 Å². The summed E-state index contributed by atoms with van der Waals surface area (Å²) in [6.07, 6.45) is -4.39. The monoisotopic (exact) mass is 365 g/mol. The van der Waals surface area contributed by atoms with Crippen molar-refractivity contribution in [1.82, 2.24) is 0 Å². The molecule has 0 saturated heterocycles. The summed E-state index contributed by atoms with van der Waals surface area (Å²) in [5.74, 6) is -0.336. The molecule has 140 valence electrons. The number of hydrogen-bond acceptors (Lipinski definition) is 3. The quantitative estimate of drug-likeness (QED) is 0.754. The Balaban J connectivity index is 1.87. The van der Waals surface area contributed by atoms with Crippen molar-refractivity contribution in [1.29, 1.82) is 0 Å². The van der Waals surface area contributed by atoms with E-state index in [4.69, 9.17) is 0 Å². The van der Waals surface area contributed by atoms with Crippen LogP contribution in [0.2, 0.25) is 0 Å². The van der Waals surface area contributed by atoms with E-state index in [-0.39, 0.29) is 12.5 Å². The lowest BCUT2D eigenvalue weighted by Crippen LogP contribution is -2.22. The minimum Gasteiger partial charge on any atom is -0.376 e. The van der Waals surface area contributed by atoms with Gasteiger partial charge < -0.3 is 15.5 Å². The molecule has 0 aliphatic heterocycles. The fourth-order valence-corrected chi connectivity index (χ4v) is 2.51. The van der Waals surface area contributed by atoms with Gasteiger partial charge in [-0.3, -0.25) is 4.79 Å². The van der Waals surface area contributed by atoms with Crippen LogP contribution in [-0.4, -0.2) is 25.5 Å². The Morgan fingerprint density at radius 1 is 0.923 bits per heavy atom. The highest BCUT2D eigenvalue weighted by Gasteiger charge is 2.29. The molecular weight excluding hydrogens is 343 g/mol. The molecule has 0 bridgehead atoms. The second-order valence-electron chi connectivity index (χ2n) is 5.70. The van der Waals surface area contributed by atoms with Gasteiger partial charge in [-0.25, -0.2) is 0 Å². The molecule has 2 rings (SSSR count). The highest BCUT2D eigenvalue weighted by molar-refractivity contribution is 5.93. The van der Waals surface area contributed by atoms with E-state index in [1.165, 1.54) is 12.1 Å². The summed E-state index contributed by atoms with van der Waals surface area (Å²) in [5.41, 5.74) is 1.47. The number of anilines is 3. The predicted molar refractivity (Wildman–Crippen MR) is 98.6 cm³/mol. The Hall–Kier alpha value is -2.70. The van der Waals surface area contributed by atoms with Gasteiger partial charge in [-0.15, -0.1) is 0 Å². The standard InChI is InChI=1S/C19H22F3N3O/c1-3-25(4-2)17-11-9-15(10-12-17)23-13-18(26)24-16-7-5-14(6-8-16)19(20,21)22/h5-12,23H,3-4,13H2,1-2H3,(H,24,26). The fraction of sp³-hybridized carbons (Fsp3) is 0.316. The molecule has 4 nitrogen and oxygen atoms in total. The molecule has 0 aromatic heterocycles. The van der Waals surface area contributed by atoms with Crippen LogP contribution < -0.4 is 15.5 Å². The number of amides is 1. The zero-order chi connectivity index (χ0) is 19.2. The second-order valence-corrected chi connectivity index (χ2v) is 5.70. The highest BCUT2D eigenvalue weighted by atomic mass is 19.4. The predicted octanol–water partition coefficient (Wildman–Crippen LogP) is 4.60. The van der Waals surface area contributed by atoms with Gasteiger partial charge in [0, 0.05) is 30.2 Å². The number of hydrogen-bond donors (Lipinski definition) is 2. The number of benzene rings is 2. The summed E-state index contributed by atoms with van der Waals surface area (Å²) in [6, 6.07) is 12.1. The maximum atomic E-state index is 12.5. The zero-order valence-electron chi connectivity index (χ0n) is 14.7. The van der Waals surface area contributed by atoms with Crippen molar-refractivity contribution in [3.8, 4) is 0 Å². The molecule has 1 amide bonds. The number of carbonyl (C=O) groups excluding carboxylic acids is 1. The van der Waals surface area contributed by atoms with Gasteiger partial charge in [-0.05, 0) is 62.4 Å². The van der Waals surface area contributed by atoms with Crippen LogP contribution in [0.5, 0.6) is 0 Å². The lowest BCUT2D eigenvalue weighted by Gasteiger charge is -2.21. The maximum Gasteiger partial charge on any atom is 0.416 e. The number of alkyl halides is 3. The Bertz CT molecular complexity index is 708. The third-order valence-corrected chi connectivity index (χ3v) is 3.94. The third-order valence-electron chi connectivity index (χ3n) is 3.94. The summed E-state index contributed by atoms with van der Waals surface area (Å²) in [4.78, 5) is 14.1. The van der Waals surface area contributed by atoms with Crippen LogP contribution in [0.4, 0.5) is 30.2 Å². The van der Waals surface area contributed by atoms with Crippen molar-refractivity contribution in [3.05, 3.63) is 54.1 Å². The van der Waals surface area contributed by atoms with Gasteiger partial charge in [-0.2, -0.15) is 13.2 Å². The third kappa shape index (κ3) is 5.40. The maximum absolute atomic E-state index is 12.5. The Morgan fingerprint density at radius 2 is 1.46 bits per heavy atom. The molecule has 26 heavy (non-hydrogen) atoms. The number of nitrogens with zero attached hydrogens (tertiary/aromatic N) is 1. The Kier molecular flexibility index (Phi) is 6.49. The van der Waals surface area contributed by atoms with Crippen molar-refractivity contribution < 1.29 is 18.0 Å². The molecule has 2 aromatic carbocycles. The summed E-state index contributed by atoms with van der Waals surface area (Å²) in [7, 11) is 0. The molecule has 0 atom stereocenters. The normalized spacial score (nSPS) is 11.1. The molecule has 0 unspecified atom stereocenters. The average molecular weight is 365 g/mol. The van der Waals surface area contributed by atoms with Gasteiger partial charge in [0.25, 0.3) is 0 Å². The average Bonchev–Trinajstić information content (AvgIpc) is 2.62. The summed E-state index contributed by atoms with van der Waals surface area (Å²) in [5, 5.41) is 5.55. The van der Waals surface area contributed by atoms with E-state index in [0.717, 1.165) is 36.6 Å². The van der Waals surface area contributed by atoms with Crippen molar-refractivity contribution in [2.45, 2.75) is 20.0 Å². The van der Waals surface area contributed by atoms with Gasteiger partial charge in [0.15, 0.2) is 0 Å². The Morgan fingerprint density at radius 3 is 1.96 bits per heavy atom. The number of halogens is 3. The van der Waals surface area contributed by atoms with Crippen molar-refractivity contribution in [3.63, 3.8) is 0 Å². The van der Waals surface area contributed by atoms with Gasteiger partial charge in [0.2, 0.25) is 5.91 Å². The van der Waals surface area contributed by atoms with E-state index >= 15 is 0 Å². The molecule has 0 spiro atoms. The SMILES string of the molecule is CCN(CC)c1ccc(NCC(=O)Nc2ccc(C(F)(F)F)cc2)cc1. The fourth-order valence-electron chi connectivity index (χ4n) is 2.51. The number of rotatable bonds is 7. The first-order valence-corrected chi connectivity index (χ1v) is 8.39. The van der Waals surface area contributed by atoms with E-state index < -0.39 is 11.7 Å². The number of nitrogens with one attached hydrogen (secondary N) is 2. The van der Waals surface area contributed by atoms with Gasteiger partial charge in [-0.1, -0.05) is 0 Å². The molecule has 0 saturated carbocycles. The number of carbonyl (C=O) groups is 1. The first-order chi connectivity index (χ1) is 12.3. The molecule has 0 fully saturated rings. The minimum absolute atomic E-state index is 0.0195. The Labute approximate surface area is 151 Å². The van der Waals surface area contributed by atoms with Crippen LogP contribution in [-0.2, 0) is 11.0 Å². The highest BCUT2D eigenvalue weighted by Crippen LogP contribution is 2.29. The zero-order valence-corrected chi connectivity index (χ0v) is 14.7. The van der Waals surface area contributed by atoms with Crippen LogP contribution >= 0.6 is 0 Å². The largest absolute Gasteiger partial charge is 0.416 e. The van der Waals surface area contributed by atoms with Crippen molar-refractivity contribution in [2.75, 3.05) is 35.2 Å². The molecule has 0 radical (unpaired) electrons. The van der Waals surface area contributed by atoms with Crippen molar-refractivity contribution >= 4 is 23.0 Å². The van der Waals surface area contributed by atoms with Crippen LogP contribution in [0.25, 0.3) is 0 Å². The van der Waals surface area contributed by atoms with E-state index in [2.05, 4.69) is 29.4 Å². The smallest absolute Gasteiger partial charge is 0.376 e. The van der Waals surface area contributed by atoms with Gasteiger partial charge in [0.1, 0.15) is 0 Å². The topological polar surface area (TPSA) is 44.4 Å². The summed E-state index contributed by atoms with van der Waals surface area (Å²) < 4.78 is 37.5. The molecular formula is C19H22F3N3O. The second kappa shape index (κ2) is 8.60.